The second kappa shape index (κ2) is 5.90. The molecular formula is C17H20O4. The predicted octanol–water partition coefficient (Wildman–Crippen LogP) is 2.65. The average Bonchev–Trinajstić information content (AvgIpc) is 2.97. The number of hydrogen-bond donors (Lipinski definition) is 0. The fourth-order valence-electron chi connectivity index (χ4n) is 3.39. The molecule has 1 aromatic rings. The second-order valence-corrected chi connectivity index (χ2v) is 5.57. The van der Waals surface area contributed by atoms with Gasteiger partial charge in [-0.2, -0.15) is 0 Å². The molecule has 0 N–H and O–H groups in total. The van der Waals surface area contributed by atoms with Gasteiger partial charge in [0.25, 0.3) is 0 Å². The molecule has 3 atom stereocenters. The van der Waals surface area contributed by atoms with Gasteiger partial charge in [0, 0.05) is 13.0 Å². The number of ether oxygens (including phenoxy) is 3. The van der Waals surface area contributed by atoms with Gasteiger partial charge in [-0.3, -0.25) is 0 Å². The minimum absolute atomic E-state index is 0.0196. The fraction of sp³-hybridized carbons (Fsp3) is 0.471. The highest BCUT2D eigenvalue weighted by Crippen LogP contribution is 2.45. The van der Waals surface area contributed by atoms with Crippen LogP contribution in [0.4, 0.5) is 0 Å². The zero-order valence-corrected chi connectivity index (χ0v) is 12.4. The van der Waals surface area contributed by atoms with Crippen molar-refractivity contribution in [1.29, 1.82) is 0 Å². The summed E-state index contributed by atoms with van der Waals surface area (Å²) in [5, 5.41) is 0. The van der Waals surface area contributed by atoms with Gasteiger partial charge in [-0.05, 0) is 24.3 Å². The van der Waals surface area contributed by atoms with Crippen LogP contribution in [0.2, 0.25) is 0 Å². The van der Waals surface area contributed by atoms with E-state index in [4.69, 9.17) is 14.2 Å². The summed E-state index contributed by atoms with van der Waals surface area (Å²) in [6.07, 6.45) is 1.63. The van der Waals surface area contributed by atoms with Gasteiger partial charge in [-0.1, -0.05) is 30.3 Å². The van der Waals surface area contributed by atoms with Crippen molar-refractivity contribution in [2.45, 2.75) is 24.9 Å². The maximum absolute atomic E-state index is 12.1. The summed E-state index contributed by atoms with van der Waals surface area (Å²) in [4.78, 5) is 12.1. The number of esters is 1. The van der Waals surface area contributed by atoms with Crippen LogP contribution in [0.25, 0.3) is 0 Å². The summed E-state index contributed by atoms with van der Waals surface area (Å²) in [5.41, 5.74) is 1.92. The topological polar surface area (TPSA) is 44.8 Å². The monoisotopic (exact) mass is 288 g/mol. The lowest BCUT2D eigenvalue weighted by atomic mass is 9.76. The van der Waals surface area contributed by atoms with E-state index in [9.17, 15) is 4.79 Å². The molecule has 1 aliphatic carbocycles. The highest BCUT2D eigenvalue weighted by Gasteiger charge is 2.43. The molecule has 2 aliphatic rings. The number of rotatable bonds is 3. The standard InChI is InChI=1S/C17H20O4/c1-19-15-10-21-16-13(15)8-12(9-14(16)17(18)20-2)11-6-4-3-5-7-11/h3-7,12-13,15H,8-10H2,1-2H3. The summed E-state index contributed by atoms with van der Waals surface area (Å²) in [6, 6.07) is 10.3. The maximum Gasteiger partial charge on any atom is 0.337 e. The van der Waals surface area contributed by atoms with Gasteiger partial charge in [0.15, 0.2) is 0 Å². The molecule has 1 heterocycles. The summed E-state index contributed by atoms with van der Waals surface area (Å²) < 4.78 is 16.2. The second-order valence-electron chi connectivity index (χ2n) is 5.57. The third-order valence-electron chi connectivity index (χ3n) is 4.48. The Bertz CT molecular complexity index is 549. The summed E-state index contributed by atoms with van der Waals surface area (Å²) >= 11 is 0. The van der Waals surface area contributed by atoms with E-state index in [1.54, 1.807) is 7.11 Å². The molecule has 0 radical (unpaired) electrons. The molecule has 21 heavy (non-hydrogen) atoms. The molecule has 3 unspecified atom stereocenters. The van der Waals surface area contributed by atoms with Crippen LogP contribution in [0, 0.1) is 5.92 Å². The Labute approximate surface area is 124 Å². The van der Waals surface area contributed by atoms with Crippen molar-refractivity contribution in [3.05, 3.63) is 47.2 Å². The third kappa shape index (κ3) is 2.56. The van der Waals surface area contributed by atoms with Gasteiger partial charge in [0.1, 0.15) is 18.5 Å². The van der Waals surface area contributed by atoms with Crippen LogP contribution in [0.5, 0.6) is 0 Å². The minimum Gasteiger partial charge on any atom is -0.494 e. The normalized spacial score (nSPS) is 28.0. The number of carbonyl (C=O) groups excluding carboxylic acids is 1. The molecule has 1 aromatic carbocycles. The van der Waals surface area contributed by atoms with Crippen molar-refractivity contribution in [3.8, 4) is 0 Å². The van der Waals surface area contributed by atoms with Crippen molar-refractivity contribution < 1.29 is 19.0 Å². The number of carbonyl (C=O) groups is 1. The highest BCUT2D eigenvalue weighted by atomic mass is 16.5. The van der Waals surface area contributed by atoms with Crippen molar-refractivity contribution >= 4 is 5.97 Å². The Morgan fingerprint density at radius 2 is 2.00 bits per heavy atom. The fourth-order valence-corrected chi connectivity index (χ4v) is 3.39. The Balaban J connectivity index is 1.95. The molecule has 112 valence electrons. The van der Waals surface area contributed by atoms with E-state index in [0.717, 1.165) is 12.2 Å². The molecule has 1 fully saturated rings. The number of fused-ring (bicyclic) bond motifs is 1. The van der Waals surface area contributed by atoms with Gasteiger partial charge in [0.05, 0.1) is 12.7 Å². The molecule has 0 bridgehead atoms. The van der Waals surface area contributed by atoms with Gasteiger partial charge in [-0.25, -0.2) is 4.79 Å². The van der Waals surface area contributed by atoms with Crippen LogP contribution in [0.3, 0.4) is 0 Å². The molecule has 4 nitrogen and oxygen atoms in total. The van der Waals surface area contributed by atoms with Crippen molar-refractivity contribution in [3.63, 3.8) is 0 Å². The molecule has 3 rings (SSSR count). The van der Waals surface area contributed by atoms with Crippen LogP contribution >= 0.6 is 0 Å². The Hall–Kier alpha value is -1.81. The first-order valence-corrected chi connectivity index (χ1v) is 7.26. The smallest absolute Gasteiger partial charge is 0.337 e. The lowest BCUT2D eigenvalue weighted by Gasteiger charge is -2.29. The largest absolute Gasteiger partial charge is 0.494 e. The molecule has 1 saturated heterocycles. The maximum atomic E-state index is 12.1. The molecule has 0 saturated carbocycles. The van der Waals surface area contributed by atoms with E-state index in [2.05, 4.69) is 12.1 Å². The van der Waals surface area contributed by atoms with Crippen LogP contribution < -0.4 is 0 Å². The zero-order chi connectivity index (χ0) is 14.8. The molecule has 0 aromatic heterocycles. The number of methoxy groups -OCH3 is 2. The Morgan fingerprint density at radius 1 is 1.24 bits per heavy atom. The highest BCUT2D eigenvalue weighted by molar-refractivity contribution is 5.89. The predicted molar refractivity (Wildman–Crippen MR) is 77.7 cm³/mol. The Kier molecular flexibility index (Phi) is 3.97. The SMILES string of the molecule is COC(=O)C1=C2OCC(OC)C2CC(c2ccccc2)C1. The van der Waals surface area contributed by atoms with Gasteiger partial charge >= 0.3 is 5.97 Å². The summed E-state index contributed by atoms with van der Waals surface area (Å²) in [7, 11) is 3.11. The quantitative estimate of drug-likeness (QED) is 0.802. The lowest BCUT2D eigenvalue weighted by Crippen LogP contribution is -2.27. The third-order valence-corrected chi connectivity index (χ3v) is 4.48. The molecule has 4 heteroatoms. The first kappa shape index (κ1) is 14.1. The van der Waals surface area contributed by atoms with Crippen LogP contribution in [0.1, 0.15) is 24.3 Å². The van der Waals surface area contributed by atoms with E-state index in [0.29, 0.717) is 24.5 Å². The molecule has 0 amide bonds. The van der Waals surface area contributed by atoms with Gasteiger partial charge < -0.3 is 14.2 Å². The molecule has 1 aliphatic heterocycles. The minimum atomic E-state index is -0.285. The molecular weight excluding hydrogens is 268 g/mol. The van der Waals surface area contributed by atoms with Crippen molar-refractivity contribution in [2.24, 2.45) is 5.92 Å². The Morgan fingerprint density at radius 3 is 2.67 bits per heavy atom. The van der Waals surface area contributed by atoms with Gasteiger partial charge in [0.2, 0.25) is 0 Å². The van der Waals surface area contributed by atoms with Crippen LogP contribution in [-0.2, 0) is 19.0 Å². The van der Waals surface area contributed by atoms with Crippen molar-refractivity contribution in [1.82, 2.24) is 0 Å². The van der Waals surface area contributed by atoms with Crippen LogP contribution in [-0.4, -0.2) is 32.9 Å². The summed E-state index contributed by atoms with van der Waals surface area (Å²) in [6.45, 7) is 0.512. The average molecular weight is 288 g/mol. The summed E-state index contributed by atoms with van der Waals surface area (Å²) in [5.74, 6) is 0.935. The number of benzene rings is 1. The first-order chi connectivity index (χ1) is 10.2. The zero-order valence-electron chi connectivity index (χ0n) is 12.4. The van der Waals surface area contributed by atoms with Crippen LogP contribution in [0.15, 0.2) is 41.7 Å². The lowest BCUT2D eigenvalue weighted by molar-refractivity contribution is -0.136. The van der Waals surface area contributed by atoms with E-state index >= 15 is 0 Å². The van der Waals surface area contributed by atoms with Gasteiger partial charge in [-0.15, -0.1) is 0 Å². The number of hydrogen-bond acceptors (Lipinski definition) is 4. The molecule has 0 spiro atoms. The van der Waals surface area contributed by atoms with Crippen molar-refractivity contribution in [2.75, 3.05) is 20.8 Å². The van der Waals surface area contributed by atoms with E-state index in [-0.39, 0.29) is 18.0 Å². The van der Waals surface area contributed by atoms with E-state index in [1.165, 1.54) is 12.7 Å². The van der Waals surface area contributed by atoms with E-state index in [1.807, 2.05) is 18.2 Å². The first-order valence-electron chi connectivity index (χ1n) is 7.26. The van der Waals surface area contributed by atoms with E-state index < -0.39 is 0 Å².